The summed E-state index contributed by atoms with van der Waals surface area (Å²) >= 11 is 15.3. The molecule has 2 N–H and O–H groups in total. The van der Waals surface area contributed by atoms with Crippen molar-refractivity contribution < 1.29 is 14.7 Å². The molecule has 8 heteroatoms. The van der Waals surface area contributed by atoms with Crippen molar-refractivity contribution in [3.05, 3.63) is 26.7 Å². The smallest absolute Gasteiger partial charge is 0.321 e. The largest absolute Gasteiger partial charge is 0.481 e. The minimum Gasteiger partial charge on any atom is -0.481 e. The van der Waals surface area contributed by atoms with Gasteiger partial charge in [-0.2, -0.15) is 0 Å². The summed E-state index contributed by atoms with van der Waals surface area (Å²) in [5, 5.41) is 12.0. The second kappa shape index (κ2) is 6.20. The van der Waals surface area contributed by atoms with Crippen LogP contribution >= 0.6 is 39.1 Å². The first kappa shape index (κ1) is 15.4. The van der Waals surface area contributed by atoms with Crippen LogP contribution in [-0.2, 0) is 4.79 Å². The summed E-state index contributed by atoms with van der Waals surface area (Å²) in [5.41, 5.74) is 0.350. The molecule has 108 valence electrons. The van der Waals surface area contributed by atoms with Gasteiger partial charge in [0.15, 0.2) is 0 Å². The average molecular weight is 382 g/mol. The van der Waals surface area contributed by atoms with Gasteiger partial charge >= 0.3 is 12.0 Å². The Morgan fingerprint density at radius 2 is 1.90 bits per heavy atom. The zero-order chi connectivity index (χ0) is 14.9. The number of carboxylic acid groups (broad SMARTS) is 1. The third kappa shape index (κ3) is 3.56. The number of carboxylic acids is 1. The second-order valence-electron chi connectivity index (χ2n) is 4.54. The number of nitrogens with zero attached hydrogens (tertiary/aromatic N) is 1. The van der Waals surface area contributed by atoms with Gasteiger partial charge in [0.25, 0.3) is 0 Å². The van der Waals surface area contributed by atoms with Crippen LogP contribution in [0, 0.1) is 5.92 Å². The van der Waals surface area contributed by atoms with Crippen LogP contribution in [0.25, 0.3) is 0 Å². The lowest BCUT2D eigenvalue weighted by Gasteiger charge is -2.38. The number of rotatable bonds is 3. The van der Waals surface area contributed by atoms with Crippen molar-refractivity contribution in [1.29, 1.82) is 0 Å². The molecule has 0 radical (unpaired) electrons. The first-order chi connectivity index (χ1) is 9.36. The Morgan fingerprint density at radius 1 is 1.35 bits per heavy atom. The van der Waals surface area contributed by atoms with Crippen molar-refractivity contribution in [2.75, 3.05) is 18.4 Å². The first-order valence-corrected chi connectivity index (χ1v) is 7.34. The summed E-state index contributed by atoms with van der Waals surface area (Å²) < 4.78 is 0.718. The fourth-order valence-corrected chi connectivity index (χ4v) is 3.26. The van der Waals surface area contributed by atoms with E-state index in [-0.39, 0.29) is 18.4 Å². The summed E-state index contributed by atoms with van der Waals surface area (Å²) in [7, 11) is 0. The molecule has 0 saturated carbocycles. The highest BCUT2D eigenvalue weighted by Gasteiger charge is 2.32. The van der Waals surface area contributed by atoms with E-state index in [4.69, 9.17) is 28.3 Å². The van der Waals surface area contributed by atoms with E-state index in [1.807, 2.05) is 0 Å². The molecule has 2 rings (SSSR count). The third-order valence-electron chi connectivity index (χ3n) is 2.95. The highest BCUT2D eigenvalue weighted by molar-refractivity contribution is 9.10. The molecule has 0 aromatic heterocycles. The van der Waals surface area contributed by atoms with Gasteiger partial charge in [-0.1, -0.05) is 39.1 Å². The van der Waals surface area contributed by atoms with E-state index in [9.17, 15) is 9.59 Å². The Kier molecular flexibility index (Phi) is 4.78. The van der Waals surface area contributed by atoms with Crippen LogP contribution in [0.1, 0.15) is 6.42 Å². The fraction of sp³-hybridized carbons (Fsp3) is 0.333. The molecule has 1 saturated heterocycles. The van der Waals surface area contributed by atoms with Gasteiger partial charge in [0.05, 0.1) is 22.2 Å². The monoisotopic (exact) mass is 380 g/mol. The molecule has 1 aliphatic rings. The normalized spacial score (nSPS) is 14.8. The van der Waals surface area contributed by atoms with E-state index >= 15 is 0 Å². The molecule has 0 bridgehead atoms. The lowest BCUT2D eigenvalue weighted by Crippen LogP contribution is -2.52. The SMILES string of the molecule is O=C(O)CC1CN(C(=O)Nc2c(Cl)cc(Br)cc2Cl)C1. The van der Waals surface area contributed by atoms with E-state index in [0.717, 1.165) is 4.47 Å². The van der Waals surface area contributed by atoms with Crippen molar-refractivity contribution in [3.63, 3.8) is 0 Å². The number of likely N-dealkylation sites (tertiary alicyclic amines) is 1. The minimum absolute atomic E-state index is 0.00844. The summed E-state index contributed by atoms with van der Waals surface area (Å²) in [4.78, 5) is 24.0. The molecule has 5 nitrogen and oxygen atoms in total. The van der Waals surface area contributed by atoms with Crippen LogP contribution in [0.15, 0.2) is 16.6 Å². The van der Waals surface area contributed by atoms with Crippen molar-refractivity contribution in [3.8, 4) is 0 Å². The van der Waals surface area contributed by atoms with E-state index in [1.165, 1.54) is 4.90 Å². The number of hydrogen-bond donors (Lipinski definition) is 2. The number of carbonyl (C=O) groups excluding carboxylic acids is 1. The Balaban J connectivity index is 1.95. The summed E-state index contributed by atoms with van der Waals surface area (Å²) in [6.45, 7) is 0.841. The van der Waals surface area contributed by atoms with Gasteiger partial charge in [-0.25, -0.2) is 4.79 Å². The fourth-order valence-electron chi connectivity index (χ4n) is 1.96. The van der Waals surface area contributed by atoms with E-state index in [0.29, 0.717) is 28.8 Å². The van der Waals surface area contributed by atoms with E-state index in [1.54, 1.807) is 12.1 Å². The number of hydrogen-bond acceptors (Lipinski definition) is 2. The van der Waals surface area contributed by atoms with Gasteiger partial charge < -0.3 is 15.3 Å². The third-order valence-corrected chi connectivity index (χ3v) is 4.00. The average Bonchev–Trinajstić information content (AvgIpc) is 2.27. The summed E-state index contributed by atoms with van der Waals surface area (Å²) in [6, 6.07) is 2.93. The molecule has 0 unspecified atom stereocenters. The molecule has 1 aliphatic heterocycles. The Labute approximate surface area is 134 Å². The Hall–Kier alpha value is -0.980. The van der Waals surface area contributed by atoms with Gasteiger partial charge in [0.1, 0.15) is 0 Å². The minimum atomic E-state index is -0.853. The molecule has 0 spiro atoms. The van der Waals surface area contributed by atoms with Crippen LogP contribution in [0.5, 0.6) is 0 Å². The van der Waals surface area contributed by atoms with Crippen LogP contribution in [0.2, 0.25) is 10.0 Å². The predicted molar refractivity (Wildman–Crippen MR) is 80.5 cm³/mol. The molecule has 20 heavy (non-hydrogen) atoms. The Morgan fingerprint density at radius 3 is 2.40 bits per heavy atom. The van der Waals surface area contributed by atoms with Gasteiger partial charge in [-0.15, -0.1) is 0 Å². The van der Waals surface area contributed by atoms with Crippen molar-refractivity contribution in [1.82, 2.24) is 4.90 Å². The maximum Gasteiger partial charge on any atom is 0.321 e. The highest BCUT2D eigenvalue weighted by atomic mass is 79.9. The number of nitrogens with one attached hydrogen (secondary N) is 1. The van der Waals surface area contributed by atoms with Crippen LogP contribution in [0.4, 0.5) is 10.5 Å². The lowest BCUT2D eigenvalue weighted by molar-refractivity contribution is -0.139. The second-order valence-corrected chi connectivity index (χ2v) is 6.27. The number of benzene rings is 1. The number of amides is 2. The molecular weight excluding hydrogens is 371 g/mol. The zero-order valence-corrected chi connectivity index (χ0v) is 13.3. The molecule has 2 amide bonds. The van der Waals surface area contributed by atoms with Crippen LogP contribution < -0.4 is 5.32 Å². The standard InChI is InChI=1S/C12H11BrCl2N2O3/c13-7-2-8(14)11(9(15)3-7)16-12(20)17-4-6(5-17)1-10(18)19/h2-3,6H,1,4-5H2,(H,16,20)(H,18,19). The molecule has 1 heterocycles. The molecule has 0 atom stereocenters. The quantitative estimate of drug-likeness (QED) is 0.838. The molecular formula is C12H11BrCl2N2O3. The highest BCUT2D eigenvalue weighted by Crippen LogP contribution is 2.34. The topological polar surface area (TPSA) is 69.6 Å². The molecule has 1 aromatic rings. The van der Waals surface area contributed by atoms with Crippen LogP contribution in [-0.4, -0.2) is 35.1 Å². The first-order valence-electron chi connectivity index (χ1n) is 5.79. The van der Waals surface area contributed by atoms with E-state index < -0.39 is 5.97 Å². The summed E-state index contributed by atoms with van der Waals surface area (Å²) in [6.07, 6.45) is 0.0730. The molecule has 1 fully saturated rings. The van der Waals surface area contributed by atoms with Gasteiger partial charge in [-0.3, -0.25) is 4.79 Å². The van der Waals surface area contributed by atoms with Gasteiger partial charge in [0.2, 0.25) is 0 Å². The Bertz CT molecular complexity index is 539. The van der Waals surface area contributed by atoms with Gasteiger partial charge in [0, 0.05) is 23.5 Å². The number of halogens is 3. The maximum absolute atomic E-state index is 12.0. The predicted octanol–water partition coefficient (Wildman–Crippen LogP) is 3.69. The number of carbonyl (C=O) groups is 2. The van der Waals surface area contributed by atoms with Crippen molar-refractivity contribution in [2.45, 2.75) is 6.42 Å². The number of urea groups is 1. The molecule has 0 aliphatic carbocycles. The summed E-state index contributed by atoms with van der Waals surface area (Å²) in [5.74, 6) is -0.844. The van der Waals surface area contributed by atoms with Crippen LogP contribution in [0.3, 0.4) is 0 Å². The maximum atomic E-state index is 12.0. The van der Waals surface area contributed by atoms with E-state index in [2.05, 4.69) is 21.2 Å². The lowest BCUT2D eigenvalue weighted by atomic mass is 9.97. The zero-order valence-electron chi connectivity index (χ0n) is 10.2. The van der Waals surface area contributed by atoms with Crippen molar-refractivity contribution >= 4 is 56.8 Å². The number of anilines is 1. The van der Waals surface area contributed by atoms with Gasteiger partial charge in [-0.05, 0) is 12.1 Å². The van der Waals surface area contributed by atoms with Crippen molar-refractivity contribution in [2.24, 2.45) is 5.92 Å². The molecule has 1 aromatic carbocycles. The number of aliphatic carboxylic acids is 1.